The zero-order valence-corrected chi connectivity index (χ0v) is 20.3. The average Bonchev–Trinajstić information content (AvgIpc) is 2.73. The molecule has 174 valence electrons. The number of benzene rings is 1. The fraction of sp³-hybridized carbons (Fsp3) is 0.238. The minimum absolute atomic E-state index is 0. The summed E-state index contributed by atoms with van der Waals surface area (Å²) >= 11 is 0. The number of rotatable bonds is 8. The molecule has 0 amide bonds. The maximum absolute atomic E-state index is 5.88. The molecule has 4 N–H and O–H groups in total. The molecule has 8 nitrogen and oxygen atoms in total. The third kappa shape index (κ3) is 8.12. The van der Waals surface area contributed by atoms with Crippen molar-refractivity contribution in [2.45, 2.75) is 13.8 Å². The van der Waals surface area contributed by atoms with Crippen LogP contribution in [0, 0.1) is 6.92 Å². The van der Waals surface area contributed by atoms with Crippen molar-refractivity contribution in [2.75, 3.05) is 24.8 Å². The van der Waals surface area contributed by atoms with E-state index in [1.54, 1.807) is 11.3 Å². The van der Waals surface area contributed by atoms with E-state index in [1.165, 1.54) is 0 Å². The maximum atomic E-state index is 5.88. The number of hydroxylamine groups is 1. The Bertz CT molecular complexity index is 1030. The number of aromatic nitrogens is 3. The smallest absolute Gasteiger partial charge is 0.185 e. The summed E-state index contributed by atoms with van der Waals surface area (Å²) in [7, 11) is 0. The molecule has 0 radical (unpaired) electrons. The molecule has 3 aromatic rings. The average molecular weight is 501 g/mol. The van der Waals surface area contributed by atoms with Gasteiger partial charge in [-0.1, -0.05) is 17.7 Å². The summed E-state index contributed by atoms with van der Waals surface area (Å²) in [6, 6.07) is 11.8. The van der Waals surface area contributed by atoms with Crippen molar-refractivity contribution in [3.8, 4) is 0 Å². The van der Waals surface area contributed by atoms with Gasteiger partial charge in [0.15, 0.2) is 17.6 Å². The van der Waals surface area contributed by atoms with Crippen LogP contribution >= 0.6 is 37.2 Å². The number of nitrogens with two attached hydrogens (primary N) is 2. The number of hydrogen-bond acceptors (Lipinski definition) is 6. The summed E-state index contributed by atoms with van der Waals surface area (Å²) in [5, 5.41) is 2.66. The second kappa shape index (κ2) is 14.4. The van der Waals surface area contributed by atoms with Gasteiger partial charge in [-0.15, -0.1) is 37.2 Å². The highest BCUT2D eigenvalue weighted by Gasteiger charge is 2.14. The van der Waals surface area contributed by atoms with Crippen molar-refractivity contribution >= 4 is 72.1 Å². The lowest BCUT2D eigenvalue weighted by Crippen LogP contribution is -2.27. The first-order chi connectivity index (χ1) is 14.1. The third-order valence-electron chi connectivity index (χ3n) is 4.10. The number of anilines is 1. The van der Waals surface area contributed by atoms with Crippen LogP contribution in [0.3, 0.4) is 0 Å². The van der Waals surface area contributed by atoms with Crippen LogP contribution in [0.1, 0.15) is 24.0 Å². The van der Waals surface area contributed by atoms with Crippen LogP contribution in [-0.4, -0.2) is 40.6 Å². The Labute approximate surface area is 206 Å². The van der Waals surface area contributed by atoms with Gasteiger partial charge < -0.3 is 11.5 Å². The summed E-state index contributed by atoms with van der Waals surface area (Å²) in [5.74, 6) is 1.32. The predicted molar refractivity (Wildman–Crippen MR) is 139 cm³/mol. The number of aliphatic imine (C=N–C) groups is 1. The molecule has 0 atom stereocenters. The molecule has 2 heterocycles. The van der Waals surface area contributed by atoms with Crippen LogP contribution in [0.25, 0.3) is 23.1 Å². The first-order valence-corrected chi connectivity index (χ1v) is 9.40. The SMILES string of the molecule is CCN(OCCN=C(N)N)c1nc(C=Cc2ccccn2)nc2ccc(C)cc12.Cl.Cl.Cl. The van der Waals surface area contributed by atoms with Crippen LogP contribution in [0.5, 0.6) is 0 Å². The van der Waals surface area contributed by atoms with E-state index in [2.05, 4.69) is 21.0 Å². The molecular weight excluding hydrogens is 473 g/mol. The summed E-state index contributed by atoms with van der Waals surface area (Å²) in [6.07, 6.45) is 5.48. The Morgan fingerprint density at radius 3 is 2.53 bits per heavy atom. The molecule has 0 saturated carbocycles. The Hall–Kier alpha value is -2.65. The second-order valence-corrected chi connectivity index (χ2v) is 6.35. The molecule has 32 heavy (non-hydrogen) atoms. The summed E-state index contributed by atoms with van der Waals surface area (Å²) in [6.45, 7) is 5.34. The van der Waals surface area contributed by atoms with Crippen molar-refractivity contribution in [1.82, 2.24) is 15.0 Å². The third-order valence-corrected chi connectivity index (χ3v) is 4.10. The van der Waals surface area contributed by atoms with Crippen LogP contribution in [0.4, 0.5) is 5.82 Å². The number of guanidine groups is 1. The lowest BCUT2D eigenvalue weighted by Gasteiger charge is -2.22. The quantitative estimate of drug-likeness (QED) is 0.209. The van der Waals surface area contributed by atoms with Crippen molar-refractivity contribution in [3.63, 3.8) is 0 Å². The normalized spacial score (nSPS) is 10.1. The Morgan fingerprint density at radius 2 is 1.88 bits per heavy atom. The molecule has 0 spiro atoms. The second-order valence-electron chi connectivity index (χ2n) is 6.35. The van der Waals surface area contributed by atoms with Gasteiger partial charge in [-0.25, -0.2) is 15.0 Å². The fourth-order valence-electron chi connectivity index (χ4n) is 2.77. The molecule has 0 aliphatic carbocycles. The minimum atomic E-state index is 0. The molecule has 0 saturated heterocycles. The first kappa shape index (κ1) is 29.4. The number of pyridine rings is 1. The van der Waals surface area contributed by atoms with E-state index in [0.717, 1.165) is 22.2 Å². The lowest BCUT2D eigenvalue weighted by atomic mass is 10.1. The van der Waals surface area contributed by atoms with Gasteiger partial charge in [0, 0.05) is 18.1 Å². The maximum Gasteiger partial charge on any atom is 0.185 e. The van der Waals surface area contributed by atoms with Gasteiger partial charge in [0.05, 0.1) is 24.4 Å². The zero-order chi connectivity index (χ0) is 20.6. The van der Waals surface area contributed by atoms with Crippen molar-refractivity contribution in [1.29, 1.82) is 0 Å². The highest BCUT2D eigenvalue weighted by atomic mass is 35.5. The number of aryl methyl sites for hydroxylation is 1. The molecule has 2 aromatic heterocycles. The molecule has 11 heteroatoms. The number of nitrogens with zero attached hydrogens (tertiary/aromatic N) is 5. The molecule has 0 aliphatic rings. The Kier molecular flexibility index (Phi) is 13.2. The minimum Gasteiger partial charge on any atom is -0.370 e. The van der Waals surface area contributed by atoms with Gasteiger partial charge >= 0.3 is 0 Å². The van der Waals surface area contributed by atoms with Crippen molar-refractivity contribution in [2.24, 2.45) is 16.5 Å². The molecule has 0 unspecified atom stereocenters. The first-order valence-electron chi connectivity index (χ1n) is 9.40. The molecule has 0 bridgehead atoms. The number of hydrogen-bond donors (Lipinski definition) is 2. The van der Waals surface area contributed by atoms with E-state index in [0.29, 0.717) is 31.3 Å². The molecule has 0 aliphatic heterocycles. The monoisotopic (exact) mass is 499 g/mol. The standard InChI is InChI=1S/C21H25N7O.3ClH/c1-3-28(29-13-12-25-21(22)23)20-17-14-15(2)7-9-18(17)26-19(27-20)10-8-16-6-4-5-11-24-16;;;/h4-11,14H,3,12-13H2,1-2H3,(H4,22,23,25);3*1H. The van der Waals surface area contributed by atoms with Gasteiger partial charge in [-0.05, 0) is 50.3 Å². The summed E-state index contributed by atoms with van der Waals surface area (Å²) in [4.78, 5) is 23.5. The zero-order valence-electron chi connectivity index (χ0n) is 17.8. The van der Waals surface area contributed by atoms with E-state index >= 15 is 0 Å². The predicted octanol–water partition coefficient (Wildman–Crippen LogP) is 3.80. The molecule has 0 fully saturated rings. The van der Waals surface area contributed by atoms with E-state index in [4.69, 9.17) is 21.3 Å². The highest BCUT2D eigenvalue weighted by molar-refractivity contribution is 5.90. The van der Waals surface area contributed by atoms with E-state index in [9.17, 15) is 0 Å². The van der Waals surface area contributed by atoms with E-state index in [1.807, 2.05) is 56.3 Å². The van der Waals surface area contributed by atoms with Crippen molar-refractivity contribution < 1.29 is 4.84 Å². The summed E-state index contributed by atoms with van der Waals surface area (Å²) < 4.78 is 0. The largest absolute Gasteiger partial charge is 0.370 e. The van der Waals surface area contributed by atoms with E-state index in [-0.39, 0.29) is 43.2 Å². The highest BCUT2D eigenvalue weighted by Crippen LogP contribution is 2.26. The summed E-state index contributed by atoms with van der Waals surface area (Å²) in [5.41, 5.74) is 13.5. The van der Waals surface area contributed by atoms with Crippen molar-refractivity contribution in [3.05, 3.63) is 59.7 Å². The fourth-order valence-corrected chi connectivity index (χ4v) is 2.77. The van der Waals surface area contributed by atoms with Gasteiger partial charge in [0.1, 0.15) is 0 Å². The van der Waals surface area contributed by atoms with Crippen LogP contribution in [0.15, 0.2) is 47.6 Å². The lowest BCUT2D eigenvalue weighted by molar-refractivity contribution is 0.116. The van der Waals surface area contributed by atoms with Crippen LogP contribution in [0.2, 0.25) is 0 Å². The van der Waals surface area contributed by atoms with Crippen LogP contribution < -0.4 is 16.5 Å². The van der Waals surface area contributed by atoms with E-state index < -0.39 is 0 Å². The molecular formula is C21H28Cl3N7O. The topological polar surface area (TPSA) is 116 Å². The van der Waals surface area contributed by atoms with Gasteiger partial charge in [0.2, 0.25) is 0 Å². The van der Waals surface area contributed by atoms with Gasteiger partial charge in [-0.2, -0.15) is 0 Å². The number of halogens is 3. The van der Waals surface area contributed by atoms with Gasteiger partial charge in [-0.3, -0.25) is 14.8 Å². The number of fused-ring (bicyclic) bond motifs is 1. The van der Waals surface area contributed by atoms with Crippen LogP contribution in [-0.2, 0) is 4.84 Å². The molecule has 1 aromatic carbocycles. The molecule has 3 rings (SSSR count). The Morgan fingerprint density at radius 1 is 1.09 bits per heavy atom. The van der Waals surface area contributed by atoms with Gasteiger partial charge in [0.25, 0.3) is 0 Å². The Balaban J connectivity index is 0.00000320.